The van der Waals surface area contributed by atoms with Gasteiger partial charge in [0.05, 0.1) is 41.6 Å². The molecule has 5 aromatic rings. The number of benzene rings is 3. The van der Waals surface area contributed by atoms with Crippen LogP contribution in [-0.2, 0) is 52.5 Å². The zero-order chi connectivity index (χ0) is 34.2. The van der Waals surface area contributed by atoms with Crippen LogP contribution < -0.4 is 0 Å². The standard InChI is InChI=1S/C35H35N5O8S/c1-23(41)46-30-27(20-49(43)33-28-32(37-21-36-28)38-22-39-33)47-35(44-2)29(31(30)45-19-25-14-8-4-9-15-25)40(18-24-12-6-3-7-13-24)48-34(42)26-16-10-5-11-17-26/h3-17,21-22,27,29-31,35H,18-20H2,1-2H3,(H,36,37,38,39)/t27-,29-,30-,31-,35+,49?/m1/s1. The highest BCUT2D eigenvalue weighted by Crippen LogP contribution is 2.33. The normalized spacial score (nSPS) is 21.3. The van der Waals surface area contributed by atoms with E-state index < -0.39 is 53.4 Å². The molecule has 6 atom stereocenters. The number of nitrogens with one attached hydrogen (secondary N) is 1. The second-order valence-corrected chi connectivity index (χ2v) is 12.6. The zero-order valence-corrected chi connectivity index (χ0v) is 27.6. The van der Waals surface area contributed by atoms with Crippen LogP contribution in [0, 0.1) is 0 Å². The molecule has 1 aliphatic heterocycles. The summed E-state index contributed by atoms with van der Waals surface area (Å²) in [4.78, 5) is 47.7. The number of fused-ring (bicyclic) bond motifs is 1. The molecule has 0 aliphatic carbocycles. The summed E-state index contributed by atoms with van der Waals surface area (Å²) >= 11 is 0. The summed E-state index contributed by atoms with van der Waals surface area (Å²) in [6.07, 6.45) is -1.49. The van der Waals surface area contributed by atoms with Gasteiger partial charge in [0, 0.05) is 14.0 Å². The zero-order valence-electron chi connectivity index (χ0n) is 26.8. The Labute approximate surface area is 285 Å². The van der Waals surface area contributed by atoms with E-state index in [-0.39, 0.29) is 23.9 Å². The molecule has 0 spiro atoms. The first-order valence-electron chi connectivity index (χ1n) is 15.5. The molecule has 2 aromatic heterocycles. The van der Waals surface area contributed by atoms with Crippen LogP contribution in [0.4, 0.5) is 0 Å². The molecule has 6 rings (SSSR count). The number of hydroxylamine groups is 2. The van der Waals surface area contributed by atoms with E-state index in [4.69, 9.17) is 23.8 Å². The van der Waals surface area contributed by atoms with Crippen LogP contribution in [0.15, 0.2) is 109 Å². The minimum absolute atomic E-state index is 0.110. The number of H-pyrrole nitrogens is 1. The summed E-state index contributed by atoms with van der Waals surface area (Å²) in [5, 5.41) is 1.66. The topological polar surface area (TPSA) is 155 Å². The van der Waals surface area contributed by atoms with Crippen molar-refractivity contribution in [3.63, 3.8) is 0 Å². The summed E-state index contributed by atoms with van der Waals surface area (Å²) in [7, 11) is -0.329. The fourth-order valence-electron chi connectivity index (χ4n) is 5.65. The van der Waals surface area contributed by atoms with Crippen molar-refractivity contribution < 1.29 is 37.6 Å². The number of methoxy groups -OCH3 is 1. The van der Waals surface area contributed by atoms with Crippen molar-refractivity contribution in [1.29, 1.82) is 0 Å². The van der Waals surface area contributed by atoms with E-state index in [0.29, 0.717) is 16.7 Å². The lowest BCUT2D eigenvalue weighted by Gasteiger charge is -2.48. The van der Waals surface area contributed by atoms with Crippen molar-refractivity contribution in [3.05, 3.63) is 120 Å². The number of carbonyl (C=O) groups excluding carboxylic acids is 2. The molecule has 1 saturated heterocycles. The minimum Gasteiger partial charge on any atom is -0.457 e. The lowest BCUT2D eigenvalue weighted by molar-refractivity contribution is -0.319. The summed E-state index contributed by atoms with van der Waals surface area (Å²) in [5.74, 6) is -1.38. The molecule has 0 amide bonds. The van der Waals surface area contributed by atoms with Gasteiger partial charge in [-0.1, -0.05) is 78.9 Å². The highest BCUT2D eigenvalue weighted by atomic mass is 32.2. The minimum atomic E-state index is -1.78. The molecular formula is C35H35N5O8S. The summed E-state index contributed by atoms with van der Waals surface area (Å²) in [5.41, 5.74) is 2.77. The number of esters is 1. The highest BCUT2D eigenvalue weighted by molar-refractivity contribution is 7.85. The largest absolute Gasteiger partial charge is 0.457 e. The molecule has 13 nitrogen and oxygen atoms in total. The summed E-state index contributed by atoms with van der Waals surface area (Å²) in [6.45, 7) is 1.49. The van der Waals surface area contributed by atoms with Crippen LogP contribution in [0.3, 0.4) is 0 Å². The Morgan fingerprint density at radius 2 is 1.57 bits per heavy atom. The monoisotopic (exact) mass is 685 g/mol. The Morgan fingerprint density at radius 3 is 2.24 bits per heavy atom. The molecule has 0 radical (unpaired) electrons. The maximum atomic E-state index is 13.9. The molecule has 1 fully saturated rings. The fraction of sp³-hybridized carbons (Fsp3) is 0.286. The maximum absolute atomic E-state index is 13.9. The van der Waals surface area contributed by atoms with Gasteiger partial charge in [-0.2, -0.15) is 0 Å². The Hall–Kier alpha value is -4.86. The van der Waals surface area contributed by atoms with Crippen molar-refractivity contribution in [2.24, 2.45) is 0 Å². The molecule has 0 saturated carbocycles. The lowest BCUT2D eigenvalue weighted by Crippen LogP contribution is -2.66. The molecular weight excluding hydrogens is 650 g/mol. The van der Waals surface area contributed by atoms with Crippen molar-refractivity contribution in [3.8, 4) is 0 Å². The van der Waals surface area contributed by atoms with E-state index in [2.05, 4.69) is 19.9 Å². The third-order valence-corrected chi connectivity index (χ3v) is 9.25. The van der Waals surface area contributed by atoms with Crippen molar-refractivity contribution in [2.45, 2.75) is 55.7 Å². The van der Waals surface area contributed by atoms with E-state index in [9.17, 15) is 13.8 Å². The average molecular weight is 686 g/mol. The molecule has 254 valence electrons. The highest BCUT2D eigenvalue weighted by Gasteiger charge is 2.53. The molecule has 0 bridgehead atoms. The van der Waals surface area contributed by atoms with Gasteiger partial charge in [0.1, 0.15) is 30.1 Å². The van der Waals surface area contributed by atoms with Crippen molar-refractivity contribution >= 4 is 33.9 Å². The smallest absolute Gasteiger partial charge is 0.357 e. The molecule has 1 N–H and O–H groups in total. The predicted octanol–water partition coefficient (Wildman–Crippen LogP) is 3.99. The number of hydrogen-bond acceptors (Lipinski definition) is 12. The number of hydrogen-bond donors (Lipinski definition) is 1. The first kappa shape index (κ1) is 34.0. The predicted molar refractivity (Wildman–Crippen MR) is 177 cm³/mol. The van der Waals surface area contributed by atoms with E-state index >= 15 is 0 Å². The number of carbonyl (C=O) groups is 2. The summed E-state index contributed by atoms with van der Waals surface area (Å²) in [6, 6.07) is 26.5. The van der Waals surface area contributed by atoms with Gasteiger partial charge in [-0.25, -0.2) is 19.7 Å². The average Bonchev–Trinajstić information content (AvgIpc) is 3.61. The number of aromatic amines is 1. The van der Waals surface area contributed by atoms with E-state index in [1.165, 1.54) is 31.8 Å². The molecule has 1 unspecified atom stereocenters. The second kappa shape index (κ2) is 16.0. The number of aromatic nitrogens is 4. The van der Waals surface area contributed by atoms with Gasteiger partial charge >= 0.3 is 11.9 Å². The van der Waals surface area contributed by atoms with Crippen molar-refractivity contribution in [1.82, 2.24) is 25.0 Å². The third kappa shape index (κ3) is 8.24. The molecule has 49 heavy (non-hydrogen) atoms. The van der Waals surface area contributed by atoms with E-state index in [1.54, 1.807) is 30.3 Å². The number of nitrogens with zero attached hydrogens (tertiary/aromatic N) is 4. The Bertz CT molecular complexity index is 1860. The van der Waals surface area contributed by atoms with Crippen LogP contribution >= 0.6 is 0 Å². The van der Waals surface area contributed by atoms with E-state index in [1.807, 2.05) is 60.7 Å². The second-order valence-electron chi connectivity index (χ2n) is 11.2. The SMILES string of the molecule is CO[C@H]1O[C@H](CS(=O)c2ncnc3nc[nH]c23)[C@@H](OC(C)=O)[C@H](OCc2ccccc2)[C@H]1N(Cc1ccccc1)OC(=O)c1ccccc1. The fourth-order valence-corrected chi connectivity index (χ4v) is 6.92. The van der Waals surface area contributed by atoms with Gasteiger partial charge in [-0.3, -0.25) is 9.00 Å². The molecule has 14 heteroatoms. The number of rotatable bonds is 13. The van der Waals surface area contributed by atoms with Crippen LogP contribution in [0.2, 0.25) is 0 Å². The Kier molecular flexibility index (Phi) is 11.1. The van der Waals surface area contributed by atoms with Gasteiger partial charge in [0.2, 0.25) is 0 Å². The van der Waals surface area contributed by atoms with Crippen LogP contribution in [-0.4, -0.2) is 84.7 Å². The maximum Gasteiger partial charge on any atom is 0.357 e. The van der Waals surface area contributed by atoms with E-state index in [0.717, 1.165) is 11.1 Å². The van der Waals surface area contributed by atoms with Crippen molar-refractivity contribution in [2.75, 3.05) is 12.9 Å². The van der Waals surface area contributed by atoms with Gasteiger partial charge in [-0.15, -0.1) is 5.06 Å². The number of ether oxygens (including phenoxy) is 4. The van der Waals surface area contributed by atoms with Crippen LogP contribution in [0.5, 0.6) is 0 Å². The van der Waals surface area contributed by atoms with Crippen LogP contribution in [0.1, 0.15) is 28.4 Å². The Balaban J connectivity index is 1.39. The van der Waals surface area contributed by atoms with Gasteiger partial charge in [0.25, 0.3) is 0 Å². The first-order valence-corrected chi connectivity index (χ1v) is 16.8. The Morgan fingerprint density at radius 1 is 0.898 bits per heavy atom. The summed E-state index contributed by atoms with van der Waals surface area (Å²) < 4.78 is 38.8. The molecule has 3 heterocycles. The molecule has 1 aliphatic rings. The number of imidazole rings is 1. The molecule has 3 aromatic carbocycles. The van der Waals surface area contributed by atoms with Crippen LogP contribution in [0.25, 0.3) is 11.2 Å². The van der Waals surface area contributed by atoms with Gasteiger partial charge < -0.3 is 28.8 Å². The third-order valence-electron chi connectivity index (χ3n) is 7.88. The lowest BCUT2D eigenvalue weighted by atomic mass is 9.96. The first-order chi connectivity index (χ1) is 23.9. The quantitative estimate of drug-likeness (QED) is 0.108. The van der Waals surface area contributed by atoms with Gasteiger partial charge in [0.15, 0.2) is 23.1 Å². The van der Waals surface area contributed by atoms with Gasteiger partial charge in [-0.05, 0) is 23.3 Å².